The topological polar surface area (TPSA) is 85.4 Å². The van der Waals surface area contributed by atoms with E-state index in [9.17, 15) is 0 Å². The molecule has 1 heterocycles. The number of aliphatic hydroxyl groups excluding tert-OH is 1. The molecule has 4 nitrogen and oxygen atoms in total. The van der Waals surface area contributed by atoms with Gasteiger partial charge >= 0.3 is 0 Å². The fourth-order valence-electron chi connectivity index (χ4n) is 1.16. The quantitative estimate of drug-likeness (QED) is 0.622. The second kappa shape index (κ2) is 5.01. The zero-order chi connectivity index (χ0) is 9.68. The molecule has 0 aliphatic carbocycles. The number of hydrogen-bond acceptors (Lipinski definition) is 4. The maximum Gasteiger partial charge on any atom is 0.129 e. The molecule has 4 heteroatoms. The van der Waals surface area contributed by atoms with Crippen LogP contribution in [-0.4, -0.2) is 11.7 Å². The van der Waals surface area contributed by atoms with Crippen LogP contribution in [0.25, 0.3) is 0 Å². The Morgan fingerprint density at radius 3 is 2.77 bits per heavy atom. The summed E-state index contributed by atoms with van der Waals surface area (Å²) >= 11 is 0. The minimum absolute atomic E-state index is 0.0798. The second-order valence-electron chi connectivity index (χ2n) is 3.00. The number of rotatable bonds is 5. The van der Waals surface area contributed by atoms with Gasteiger partial charge in [-0.05, 0) is 31.5 Å². The van der Waals surface area contributed by atoms with Crippen molar-refractivity contribution in [3.05, 3.63) is 23.7 Å². The van der Waals surface area contributed by atoms with Crippen LogP contribution in [0.15, 0.2) is 16.5 Å². The van der Waals surface area contributed by atoms with Gasteiger partial charge in [-0.15, -0.1) is 0 Å². The summed E-state index contributed by atoms with van der Waals surface area (Å²) in [5, 5.41) is 8.75. The summed E-state index contributed by atoms with van der Waals surface area (Å²) in [5.41, 5.74) is 11.2. The molecule has 13 heavy (non-hydrogen) atoms. The minimum atomic E-state index is -0.108. The SMILES string of the molecule is NCCC[C@@H](N)c1ccc(CO)o1. The summed E-state index contributed by atoms with van der Waals surface area (Å²) in [5.74, 6) is 1.27. The highest BCUT2D eigenvalue weighted by atomic mass is 16.4. The van der Waals surface area contributed by atoms with Crippen molar-refractivity contribution in [2.45, 2.75) is 25.5 Å². The Hall–Kier alpha value is -0.840. The van der Waals surface area contributed by atoms with Gasteiger partial charge in [-0.1, -0.05) is 0 Å². The number of nitrogens with two attached hydrogens (primary N) is 2. The first kappa shape index (κ1) is 10.2. The molecule has 0 saturated heterocycles. The normalized spacial score (nSPS) is 13.2. The number of aliphatic hydroxyl groups is 1. The van der Waals surface area contributed by atoms with Crippen molar-refractivity contribution in [3.8, 4) is 0 Å². The monoisotopic (exact) mass is 184 g/mol. The fourth-order valence-corrected chi connectivity index (χ4v) is 1.16. The lowest BCUT2D eigenvalue weighted by molar-refractivity contribution is 0.241. The van der Waals surface area contributed by atoms with Crippen LogP contribution in [0.1, 0.15) is 30.4 Å². The second-order valence-corrected chi connectivity index (χ2v) is 3.00. The van der Waals surface area contributed by atoms with Crippen molar-refractivity contribution in [3.63, 3.8) is 0 Å². The van der Waals surface area contributed by atoms with E-state index >= 15 is 0 Å². The third kappa shape index (κ3) is 2.84. The van der Waals surface area contributed by atoms with E-state index in [-0.39, 0.29) is 12.6 Å². The standard InChI is InChI=1S/C9H16N2O2/c10-5-1-2-8(11)9-4-3-7(6-12)13-9/h3-4,8,12H,1-2,5-6,10-11H2/t8-/m1/s1. The van der Waals surface area contributed by atoms with Gasteiger partial charge < -0.3 is 21.0 Å². The van der Waals surface area contributed by atoms with Crippen LogP contribution >= 0.6 is 0 Å². The molecule has 0 saturated carbocycles. The summed E-state index contributed by atoms with van der Waals surface area (Å²) in [6, 6.07) is 3.42. The third-order valence-electron chi connectivity index (χ3n) is 1.92. The lowest BCUT2D eigenvalue weighted by Gasteiger charge is -2.06. The molecule has 0 amide bonds. The van der Waals surface area contributed by atoms with Gasteiger partial charge in [-0.2, -0.15) is 0 Å². The van der Waals surface area contributed by atoms with Crippen LogP contribution in [0.3, 0.4) is 0 Å². The first-order valence-corrected chi connectivity index (χ1v) is 4.43. The van der Waals surface area contributed by atoms with Gasteiger partial charge in [0.05, 0.1) is 6.04 Å². The Balaban J connectivity index is 2.50. The Morgan fingerprint density at radius 2 is 2.23 bits per heavy atom. The summed E-state index contributed by atoms with van der Waals surface area (Å²) in [6.07, 6.45) is 1.70. The van der Waals surface area contributed by atoms with E-state index in [4.69, 9.17) is 21.0 Å². The van der Waals surface area contributed by atoms with E-state index in [1.54, 1.807) is 12.1 Å². The van der Waals surface area contributed by atoms with Crippen LogP contribution < -0.4 is 11.5 Å². The zero-order valence-electron chi connectivity index (χ0n) is 7.57. The van der Waals surface area contributed by atoms with Crippen LogP contribution in [0.5, 0.6) is 0 Å². The van der Waals surface area contributed by atoms with E-state index in [2.05, 4.69) is 0 Å². The molecule has 0 unspecified atom stereocenters. The van der Waals surface area contributed by atoms with Gasteiger partial charge in [-0.3, -0.25) is 0 Å². The molecule has 0 radical (unpaired) electrons. The Kier molecular flexibility index (Phi) is 3.95. The highest BCUT2D eigenvalue weighted by Gasteiger charge is 2.09. The summed E-state index contributed by atoms with van der Waals surface area (Å²) in [6.45, 7) is 0.560. The van der Waals surface area contributed by atoms with Crippen LogP contribution in [0, 0.1) is 0 Å². The summed E-state index contributed by atoms with van der Waals surface area (Å²) < 4.78 is 5.28. The lowest BCUT2D eigenvalue weighted by Crippen LogP contribution is -2.11. The molecule has 0 spiro atoms. The predicted octanol–water partition coefficient (Wildman–Crippen LogP) is 0.511. The van der Waals surface area contributed by atoms with Crippen molar-refractivity contribution in [2.24, 2.45) is 11.5 Å². The van der Waals surface area contributed by atoms with Crippen molar-refractivity contribution in [1.29, 1.82) is 0 Å². The average Bonchev–Trinajstić information content (AvgIpc) is 2.62. The Morgan fingerprint density at radius 1 is 1.46 bits per heavy atom. The molecular weight excluding hydrogens is 168 g/mol. The predicted molar refractivity (Wildman–Crippen MR) is 49.8 cm³/mol. The van der Waals surface area contributed by atoms with Gasteiger partial charge in [-0.25, -0.2) is 0 Å². The van der Waals surface area contributed by atoms with Crippen molar-refractivity contribution in [2.75, 3.05) is 6.54 Å². The van der Waals surface area contributed by atoms with Crippen molar-refractivity contribution in [1.82, 2.24) is 0 Å². The highest BCUT2D eigenvalue weighted by molar-refractivity contribution is 5.09. The third-order valence-corrected chi connectivity index (χ3v) is 1.92. The number of furan rings is 1. The average molecular weight is 184 g/mol. The zero-order valence-corrected chi connectivity index (χ0v) is 7.57. The first-order valence-electron chi connectivity index (χ1n) is 4.43. The largest absolute Gasteiger partial charge is 0.462 e. The van der Waals surface area contributed by atoms with Gasteiger partial charge in [0.1, 0.15) is 18.1 Å². The molecule has 1 atom stereocenters. The van der Waals surface area contributed by atoms with Crippen LogP contribution in [0.4, 0.5) is 0 Å². The molecule has 0 aliphatic rings. The van der Waals surface area contributed by atoms with Crippen LogP contribution in [0.2, 0.25) is 0 Å². The van der Waals surface area contributed by atoms with E-state index < -0.39 is 0 Å². The molecular formula is C9H16N2O2. The molecule has 0 bridgehead atoms. The Labute approximate surface area is 77.5 Å². The summed E-state index contributed by atoms with van der Waals surface area (Å²) in [4.78, 5) is 0. The van der Waals surface area contributed by atoms with E-state index in [0.717, 1.165) is 18.6 Å². The van der Waals surface area contributed by atoms with E-state index in [1.807, 2.05) is 0 Å². The maximum atomic E-state index is 8.75. The number of hydrogen-bond donors (Lipinski definition) is 3. The highest BCUT2D eigenvalue weighted by Crippen LogP contribution is 2.18. The van der Waals surface area contributed by atoms with Crippen molar-refractivity contribution >= 4 is 0 Å². The van der Waals surface area contributed by atoms with Crippen molar-refractivity contribution < 1.29 is 9.52 Å². The molecule has 1 rings (SSSR count). The fraction of sp³-hybridized carbons (Fsp3) is 0.556. The molecule has 0 aromatic carbocycles. The molecule has 74 valence electrons. The van der Waals surface area contributed by atoms with Gasteiger partial charge in [0.2, 0.25) is 0 Å². The molecule has 1 aromatic heterocycles. The Bertz CT molecular complexity index is 248. The molecule has 0 fully saturated rings. The minimum Gasteiger partial charge on any atom is -0.462 e. The smallest absolute Gasteiger partial charge is 0.129 e. The molecule has 0 aliphatic heterocycles. The van der Waals surface area contributed by atoms with E-state index in [0.29, 0.717) is 12.3 Å². The van der Waals surface area contributed by atoms with Gasteiger partial charge in [0, 0.05) is 0 Å². The maximum absolute atomic E-state index is 8.75. The lowest BCUT2D eigenvalue weighted by atomic mass is 10.1. The van der Waals surface area contributed by atoms with Gasteiger partial charge in [0.25, 0.3) is 0 Å². The van der Waals surface area contributed by atoms with Gasteiger partial charge in [0.15, 0.2) is 0 Å². The first-order chi connectivity index (χ1) is 6.27. The van der Waals surface area contributed by atoms with E-state index in [1.165, 1.54) is 0 Å². The molecule has 5 N–H and O–H groups in total. The van der Waals surface area contributed by atoms with Crippen LogP contribution in [-0.2, 0) is 6.61 Å². The summed E-state index contributed by atoms with van der Waals surface area (Å²) in [7, 11) is 0. The molecule has 1 aromatic rings.